The van der Waals surface area contributed by atoms with E-state index >= 15 is 0 Å². The Labute approximate surface area is 166 Å². The number of methoxy groups -OCH3 is 1. The van der Waals surface area contributed by atoms with E-state index in [2.05, 4.69) is 20.7 Å². The Morgan fingerprint density at radius 2 is 1.89 bits per heavy atom. The average molecular weight is 393 g/mol. The van der Waals surface area contributed by atoms with Crippen molar-refractivity contribution < 1.29 is 13.9 Å². The Balaban J connectivity index is 1.59. The van der Waals surface area contributed by atoms with E-state index in [0.717, 1.165) is 50.5 Å². The van der Waals surface area contributed by atoms with Crippen LogP contribution in [0.25, 0.3) is 22.4 Å². The van der Waals surface area contributed by atoms with Crippen LogP contribution in [0.3, 0.4) is 0 Å². The van der Waals surface area contributed by atoms with Crippen LogP contribution in [-0.2, 0) is 0 Å². The van der Waals surface area contributed by atoms with Crippen LogP contribution in [0, 0.1) is 20.8 Å². The molecular formula is C21H19N3O3S. The molecule has 28 heavy (non-hydrogen) atoms. The fourth-order valence-corrected chi connectivity index (χ4v) is 3.88. The van der Waals surface area contributed by atoms with Crippen molar-refractivity contribution in [1.29, 1.82) is 0 Å². The van der Waals surface area contributed by atoms with Crippen LogP contribution in [-0.4, -0.2) is 22.4 Å². The summed E-state index contributed by atoms with van der Waals surface area (Å²) in [6, 6.07) is 11.5. The maximum absolute atomic E-state index is 12.7. The molecular weight excluding hydrogens is 374 g/mol. The van der Waals surface area contributed by atoms with Crippen molar-refractivity contribution in [2.75, 3.05) is 12.4 Å². The predicted octanol–water partition coefficient (Wildman–Crippen LogP) is 5.14. The van der Waals surface area contributed by atoms with Crippen LogP contribution in [0.1, 0.15) is 27.2 Å². The van der Waals surface area contributed by atoms with Crippen LogP contribution in [0.15, 0.2) is 40.8 Å². The van der Waals surface area contributed by atoms with Crippen molar-refractivity contribution in [2.24, 2.45) is 0 Å². The topological polar surface area (TPSA) is 77.2 Å². The zero-order valence-corrected chi connectivity index (χ0v) is 16.8. The molecule has 0 fully saturated rings. The smallest absolute Gasteiger partial charge is 0.293 e. The maximum atomic E-state index is 12.7. The number of hydrogen-bond acceptors (Lipinski definition) is 6. The third-order valence-electron chi connectivity index (χ3n) is 4.57. The fraction of sp³-hybridized carbons (Fsp3) is 0.190. The first-order valence-electron chi connectivity index (χ1n) is 8.76. The number of ether oxygens (including phenoxy) is 1. The van der Waals surface area contributed by atoms with Gasteiger partial charge in [0.15, 0.2) is 11.6 Å². The SMILES string of the molecule is COc1ccc(-c2nsc(NC(=O)c3oc4cc(C)cc(C)c4c3C)n2)cc1. The molecule has 0 saturated carbocycles. The highest BCUT2D eigenvalue weighted by molar-refractivity contribution is 7.10. The lowest BCUT2D eigenvalue weighted by Crippen LogP contribution is -2.11. The standard InChI is InChI=1S/C21H19N3O3S/c1-11-9-12(2)17-13(3)18(27-16(17)10-11)20(25)23-21-22-19(24-28-21)14-5-7-15(26-4)8-6-14/h5-10H,1-4H3,(H,22,23,24,25). The van der Waals surface area contributed by atoms with Crippen molar-refractivity contribution in [1.82, 2.24) is 9.36 Å². The molecule has 142 valence electrons. The molecule has 0 atom stereocenters. The number of fused-ring (bicyclic) bond motifs is 1. The molecule has 0 unspecified atom stereocenters. The molecule has 1 amide bonds. The van der Waals surface area contributed by atoms with E-state index < -0.39 is 0 Å². The maximum Gasteiger partial charge on any atom is 0.293 e. The van der Waals surface area contributed by atoms with Crippen molar-refractivity contribution in [3.63, 3.8) is 0 Å². The molecule has 0 saturated heterocycles. The van der Waals surface area contributed by atoms with Gasteiger partial charge < -0.3 is 9.15 Å². The summed E-state index contributed by atoms with van der Waals surface area (Å²) in [5, 5.41) is 4.19. The second-order valence-corrected chi connectivity index (χ2v) is 7.37. The first kappa shape index (κ1) is 18.2. The molecule has 2 heterocycles. The van der Waals surface area contributed by atoms with Gasteiger partial charge >= 0.3 is 0 Å². The minimum absolute atomic E-state index is 0.296. The molecule has 7 heteroatoms. The number of carbonyl (C=O) groups is 1. The molecule has 2 aromatic heterocycles. The molecule has 0 aliphatic carbocycles. The number of aryl methyl sites for hydroxylation is 3. The van der Waals surface area contributed by atoms with E-state index in [1.54, 1.807) is 7.11 Å². The van der Waals surface area contributed by atoms with Crippen LogP contribution in [0.5, 0.6) is 5.75 Å². The van der Waals surface area contributed by atoms with E-state index in [0.29, 0.717) is 16.7 Å². The van der Waals surface area contributed by atoms with E-state index in [1.165, 1.54) is 0 Å². The second-order valence-electron chi connectivity index (χ2n) is 6.62. The molecule has 1 N–H and O–H groups in total. The summed E-state index contributed by atoms with van der Waals surface area (Å²) >= 11 is 1.13. The van der Waals surface area contributed by atoms with Gasteiger partial charge in [-0.3, -0.25) is 10.1 Å². The van der Waals surface area contributed by atoms with Crippen LogP contribution in [0.4, 0.5) is 5.13 Å². The van der Waals surface area contributed by atoms with Crippen LogP contribution >= 0.6 is 11.5 Å². The molecule has 4 rings (SSSR count). The van der Waals surface area contributed by atoms with E-state index in [9.17, 15) is 4.79 Å². The summed E-state index contributed by atoms with van der Waals surface area (Å²) in [5.74, 6) is 1.28. The highest BCUT2D eigenvalue weighted by atomic mass is 32.1. The number of rotatable bonds is 4. The zero-order valence-electron chi connectivity index (χ0n) is 16.0. The van der Waals surface area contributed by atoms with Gasteiger partial charge in [-0.25, -0.2) is 0 Å². The van der Waals surface area contributed by atoms with Crippen molar-refractivity contribution in [3.8, 4) is 17.1 Å². The van der Waals surface area contributed by atoms with Gasteiger partial charge in [0.25, 0.3) is 5.91 Å². The van der Waals surface area contributed by atoms with Gasteiger partial charge in [0.1, 0.15) is 11.3 Å². The second kappa shape index (κ2) is 7.09. The lowest BCUT2D eigenvalue weighted by atomic mass is 10.0. The fourth-order valence-electron chi connectivity index (χ4n) is 3.29. The summed E-state index contributed by atoms with van der Waals surface area (Å²) in [6.45, 7) is 5.92. The van der Waals surface area contributed by atoms with Gasteiger partial charge in [-0.2, -0.15) is 9.36 Å². The normalized spacial score (nSPS) is 11.0. The van der Waals surface area contributed by atoms with Gasteiger partial charge in [-0.1, -0.05) is 6.07 Å². The Kier molecular flexibility index (Phi) is 4.60. The number of benzene rings is 2. The number of aromatic nitrogens is 2. The number of amides is 1. The van der Waals surface area contributed by atoms with E-state index in [-0.39, 0.29) is 5.91 Å². The van der Waals surface area contributed by atoms with Gasteiger partial charge in [-0.15, -0.1) is 0 Å². The minimum atomic E-state index is -0.330. The number of furan rings is 1. The van der Waals surface area contributed by atoms with Crippen LogP contribution in [0.2, 0.25) is 0 Å². The number of nitrogens with zero attached hydrogens (tertiary/aromatic N) is 2. The van der Waals surface area contributed by atoms with Gasteiger partial charge in [0, 0.05) is 28.0 Å². The first-order chi connectivity index (χ1) is 13.5. The molecule has 0 aliphatic heterocycles. The monoisotopic (exact) mass is 393 g/mol. The van der Waals surface area contributed by atoms with E-state index in [1.807, 2.05) is 51.1 Å². The third-order valence-corrected chi connectivity index (χ3v) is 5.20. The van der Waals surface area contributed by atoms with Crippen LogP contribution < -0.4 is 10.1 Å². The highest BCUT2D eigenvalue weighted by Crippen LogP contribution is 2.30. The Hall–Kier alpha value is -3.19. The number of anilines is 1. The zero-order chi connectivity index (χ0) is 19.8. The average Bonchev–Trinajstić information content (AvgIpc) is 3.26. The predicted molar refractivity (Wildman–Crippen MR) is 110 cm³/mol. The molecule has 0 aliphatic rings. The number of nitrogens with one attached hydrogen (secondary N) is 1. The van der Waals surface area contributed by atoms with Gasteiger partial charge in [0.05, 0.1) is 7.11 Å². The summed E-state index contributed by atoms with van der Waals surface area (Å²) in [6.07, 6.45) is 0. The van der Waals surface area contributed by atoms with Crippen molar-refractivity contribution in [2.45, 2.75) is 20.8 Å². The van der Waals surface area contributed by atoms with Crippen molar-refractivity contribution in [3.05, 3.63) is 58.8 Å². The summed E-state index contributed by atoms with van der Waals surface area (Å²) < 4.78 is 15.3. The molecule has 4 aromatic rings. The van der Waals surface area contributed by atoms with Gasteiger partial charge in [-0.05, 0) is 62.2 Å². The largest absolute Gasteiger partial charge is 0.497 e. The summed E-state index contributed by atoms with van der Waals surface area (Å²) in [5.41, 5.74) is 4.58. The molecule has 0 radical (unpaired) electrons. The Bertz CT molecular complexity index is 1180. The Morgan fingerprint density at radius 1 is 1.14 bits per heavy atom. The number of hydrogen-bond donors (Lipinski definition) is 1. The van der Waals surface area contributed by atoms with Gasteiger partial charge in [0.2, 0.25) is 5.13 Å². The summed E-state index contributed by atoms with van der Waals surface area (Å²) in [7, 11) is 1.62. The molecule has 0 bridgehead atoms. The number of carbonyl (C=O) groups excluding carboxylic acids is 1. The lowest BCUT2D eigenvalue weighted by molar-refractivity contribution is 0.0998. The molecule has 2 aromatic carbocycles. The first-order valence-corrected chi connectivity index (χ1v) is 9.53. The third kappa shape index (κ3) is 3.25. The minimum Gasteiger partial charge on any atom is -0.497 e. The van der Waals surface area contributed by atoms with E-state index in [4.69, 9.17) is 9.15 Å². The Morgan fingerprint density at radius 3 is 2.61 bits per heavy atom. The quantitative estimate of drug-likeness (QED) is 0.520. The lowest BCUT2D eigenvalue weighted by Gasteiger charge is -2.00. The molecule has 6 nitrogen and oxygen atoms in total. The highest BCUT2D eigenvalue weighted by Gasteiger charge is 2.20. The summed E-state index contributed by atoms with van der Waals surface area (Å²) in [4.78, 5) is 17.2. The van der Waals surface area contributed by atoms with Crippen molar-refractivity contribution >= 4 is 33.5 Å². The molecule has 0 spiro atoms.